The highest BCUT2D eigenvalue weighted by Crippen LogP contribution is 2.26. The molecule has 0 aliphatic rings. The number of aromatic nitrogens is 3. The van der Waals surface area contributed by atoms with E-state index in [1.54, 1.807) is 4.52 Å². The lowest BCUT2D eigenvalue weighted by atomic mass is 10.1. The second-order valence-corrected chi connectivity index (χ2v) is 6.21. The molecule has 0 N–H and O–H groups in total. The molecule has 0 radical (unpaired) electrons. The predicted octanol–water partition coefficient (Wildman–Crippen LogP) is 3.80. The Morgan fingerprint density at radius 2 is 2.00 bits per heavy atom. The van der Waals surface area contributed by atoms with Crippen LogP contribution in [0.2, 0.25) is 0 Å². The molecule has 20 heavy (non-hydrogen) atoms. The van der Waals surface area contributed by atoms with E-state index in [1.165, 1.54) is 16.9 Å². The summed E-state index contributed by atoms with van der Waals surface area (Å²) in [6.07, 6.45) is 1.94. The van der Waals surface area contributed by atoms with Crippen molar-refractivity contribution in [1.29, 1.82) is 0 Å². The maximum Gasteiger partial charge on any atom is 0.294 e. The third-order valence-corrected chi connectivity index (χ3v) is 3.75. The summed E-state index contributed by atoms with van der Waals surface area (Å²) in [5.74, 6) is 0.495. The minimum atomic E-state index is 0.495. The van der Waals surface area contributed by atoms with Gasteiger partial charge in [-0.3, -0.25) is 0 Å². The van der Waals surface area contributed by atoms with E-state index in [1.807, 2.05) is 6.20 Å². The Morgan fingerprint density at radius 3 is 2.65 bits per heavy atom. The first-order valence-electron chi connectivity index (χ1n) is 6.68. The van der Waals surface area contributed by atoms with E-state index in [0.29, 0.717) is 17.7 Å². The van der Waals surface area contributed by atoms with Gasteiger partial charge in [-0.1, -0.05) is 43.7 Å². The van der Waals surface area contributed by atoms with E-state index < -0.39 is 0 Å². The van der Waals surface area contributed by atoms with Crippen LogP contribution in [0.3, 0.4) is 0 Å². The molecular formula is C15H17N3OS. The van der Waals surface area contributed by atoms with E-state index in [9.17, 15) is 0 Å². The standard InChI is InChI=1S/C15H17N3OS/c1-10(2)9-19-15-17-18-8-13(16-14(18)20-15)12-6-4-11(3)5-7-12/h4-8,10H,9H2,1-3H3. The van der Waals surface area contributed by atoms with Gasteiger partial charge in [0.1, 0.15) is 0 Å². The van der Waals surface area contributed by atoms with Crippen LogP contribution in [0.5, 0.6) is 5.19 Å². The average Bonchev–Trinajstić information content (AvgIpc) is 2.95. The fourth-order valence-corrected chi connectivity index (χ4v) is 2.58. The van der Waals surface area contributed by atoms with Crippen molar-refractivity contribution >= 4 is 16.3 Å². The molecule has 0 saturated carbocycles. The molecule has 3 aromatic rings. The van der Waals surface area contributed by atoms with E-state index in [2.05, 4.69) is 55.1 Å². The number of imidazole rings is 1. The molecule has 0 unspecified atom stereocenters. The van der Waals surface area contributed by atoms with Crippen LogP contribution in [-0.4, -0.2) is 21.2 Å². The Bertz CT molecular complexity index is 681. The Balaban J connectivity index is 1.85. The summed E-state index contributed by atoms with van der Waals surface area (Å²) in [5.41, 5.74) is 3.30. The van der Waals surface area contributed by atoms with Crippen molar-refractivity contribution in [2.24, 2.45) is 5.92 Å². The van der Waals surface area contributed by atoms with E-state index in [4.69, 9.17) is 4.74 Å². The largest absolute Gasteiger partial charge is 0.469 e. The lowest BCUT2D eigenvalue weighted by molar-refractivity contribution is 0.267. The van der Waals surface area contributed by atoms with E-state index in [-0.39, 0.29) is 0 Å². The minimum absolute atomic E-state index is 0.495. The van der Waals surface area contributed by atoms with Crippen LogP contribution in [0.15, 0.2) is 30.5 Å². The average molecular weight is 287 g/mol. The number of hydrogen-bond donors (Lipinski definition) is 0. The summed E-state index contributed by atoms with van der Waals surface area (Å²) in [6, 6.07) is 8.34. The molecule has 0 atom stereocenters. The van der Waals surface area contributed by atoms with Crippen molar-refractivity contribution in [1.82, 2.24) is 14.6 Å². The predicted molar refractivity (Wildman–Crippen MR) is 81.4 cm³/mol. The first kappa shape index (κ1) is 13.1. The molecule has 0 spiro atoms. The first-order valence-corrected chi connectivity index (χ1v) is 7.49. The molecule has 1 aromatic carbocycles. The van der Waals surface area contributed by atoms with E-state index >= 15 is 0 Å². The monoisotopic (exact) mass is 287 g/mol. The molecule has 0 aliphatic heterocycles. The van der Waals surface area contributed by atoms with Gasteiger partial charge in [0.05, 0.1) is 18.5 Å². The Labute approximate surface area is 122 Å². The van der Waals surface area contributed by atoms with Crippen molar-refractivity contribution in [3.05, 3.63) is 36.0 Å². The summed E-state index contributed by atoms with van der Waals surface area (Å²) in [5, 5.41) is 5.08. The lowest BCUT2D eigenvalue weighted by Crippen LogP contribution is -2.04. The Morgan fingerprint density at radius 1 is 1.25 bits per heavy atom. The maximum absolute atomic E-state index is 5.62. The molecular weight excluding hydrogens is 270 g/mol. The van der Waals surface area contributed by atoms with Gasteiger partial charge in [0.25, 0.3) is 5.19 Å². The molecule has 0 fully saturated rings. The highest BCUT2D eigenvalue weighted by atomic mass is 32.1. The number of benzene rings is 1. The van der Waals surface area contributed by atoms with Crippen LogP contribution >= 0.6 is 11.3 Å². The molecule has 2 heterocycles. The number of fused-ring (bicyclic) bond motifs is 1. The van der Waals surface area contributed by atoms with Gasteiger partial charge in [0.2, 0.25) is 4.96 Å². The Hall–Kier alpha value is -1.88. The first-order chi connectivity index (χ1) is 9.61. The minimum Gasteiger partial charge on any atom is -0.469 e. The second kappa shape index (κ2) is 5.25. The van der Waals surface area contributed by atoms with Gasteiger partial charge < -0.3 is 4.74 Å². The molecule has 0 bridgehead atoms. The quantitative estimate of drug-likeness (QED) is 0.732. The van der Waals surface area contributed by atoms with Crippen molar-refractivity contribution in [2.75, 3.05) is 6.61 Å². The van der Waals surface area contributed by atoms with Crippen molar-refractivity contribution in [2.45, 2.75) is 20.8 Å². The second-order valence-electron chi connectivity index (χ2n) is 5.29. The molecule has 104 valence electrons. The normalized spacial score (nSPS) is 11.4. The van der Waals surface area contributed by atoms with Crippen LogP contribution in [0.1, 0.15) is 19.4 Å². The molecule has 0 amide bonds. The Kier molecular flexibility index (Phi) is 3.44. The highest BCUT2D eigenvalue weighted by Gasteiger charge is 2.10. The zero-order chi connectivity index (χ0) is 14.1. The fraction of sp³-hybridized carbons (Fsp3) is 0.333. The van der Waals surface area contributed by atoms with Gasteiger partial charge in [-0.05, 0) is 24.2 Å². The van der Waals surface area contributed by atoms with Gasteiger partial charge >= 0.3 is 0 Å². The summed E-state index contributed by atoms with van der Waals surface area (Å²) < 4.78 is 7.41. The fourth-order valence-electron chi connectivity index (χ4n) is 1.84. The molecule has 4 nitrogen and oxygen atoms in total. The van der Waals surface area contributed by atoms with E-state index in [0.717, 1.165) is 16.2 Å². The SMILES string of the molecule is Cc1ccc(-c2cn3nc(OCC(C)C)sc3n2)cc1. The smallest absolute Gasteiger partial charge is 0.294 e. The van der Waals surface area contributed by atoms with Crippen molar-refractivity contribution in [3.63, 3.8) is 0 Å². The third-order valence-electron chi connectivity index (χ3n) is 2.91. The topological polar surface area (TPSA) is 39.4 Å². The maximum atomic E-state index is 5.62. The van der Waals surface area contributed by atoms with Gasteiger partial charge in [0.15, 0.2) is 0 Å². The summed E-state index contributed by atoms with van der Waals surface area (Å²) >= 11 is 1.48. The number of rotatable bonds is 4. The van der Waals surface area contributed by atoms with Crippen LogP contribution in [0.25, 0.3) is 16.2 Å². The van der Waals surface area contributed by atoms with Crippen LogP contribution < -0.4 is 4.74 Å². The third kappa shape index (κ3) is 2.67. The number of ether oxygens (including phenoxy) is 1. The molecule has 2 aromatic heterocycles. The van der Waals surface area contributed by atoms with Crippen LogP contribution in [-0.2, 0) is 0 Å². The zero-order valence-electron chi connectivity index (χ0n) is 11.8. The molecule has 3 rings (SSSR count). The van der Waals surface area contributed by atoms with Crippen LogP contribution in [0, 0.1) is 12.8 Å². The van der Waals surface area contributed by atoms with Gasteiger partial charge in [-0.2, -0.15) is 0 Å². The van der Waals surface area contributed by atoms with Crippen molar-refractivity contribution < 1.29 is 4.74 Å². The zero-order valence-corrected chi connectivity index (χ0v) is 12.6. The number of nitrogens with zero attached hydrogens (tertiary/aromatic N) is 3. The molecule has 5 heteroatoms. The van der Waals surface area contributed by atoms with Gasteiger partial charge in [-0.25, -0.2) is 9.50 Å². The number of aryl methyl sites for hydroxylation is 1. The van der Waals surface area contributed by atoms with Crippen LogP contribution in [0.4, 0.5) is 0 Å². The summed E-state index contributed by atoms with van der Waals surface area (Å²) in [4.78, 5) is 5.46. The van der Waals surface area contributed by atoms with Gasteiger partial charge in [0, 0.05) is 5.56 Å². The number of hydrogen-bond acceptors (Lipinski definition) is 4. The lowest BCUT2D eigenvalue weighted by Gasteiger charge is -2.03. The summed E-state index contributed by atoms with van der Waals surface area (Å²) in [6.45, 7) is 7.00. The van der Waals surface area contributed by atoms with Crippen molar-refractivity contribution in [3.8, 4) is 16.5 Å². The summed E-state index contributed by atoms with van der Waals surface area (Å²) in [7, 11) is 0. The van der Waals surface area contributed by atoms with Gasteiger partial charge in [-0.15, -0.1) is 5.10 Å². The highest BCUT2D eigenvalue weighted by molar-refractivity contribution is 7.18. The molecule has 0 saturated heterocycles. The molecule has 0 aliphatic carbocycles.